The highest BCUT2D eigenvalue weighted by atomic mass is 32.2. The van der Waals surface area contributed by atoms with Crippen molar-refractivity contribution in [1.82, 2.24) is 15.2 Å². The molecule has 0 radical (unpaired) electrons. The third-order valence-corrected chi connectivity index (χ3v) is 5.82. The molecule has 5 aromatic rings. The minimum absolute atomic E-state index is 0.123. The maximum Gasteiger partial charge on any atom is 0.277 e. The molecule has 0 fully saturated rings. The van der Waals surface area contributed by atoms with Crippen molar-refractivity contribution in [3.8, 4) is 11.5 Å². The van der Waals surface area contributed by atoms with Crippen LogP contribution in [0.1, 0.15) is 6.92 Å². The van der Waals surface area contributed by atoms with Gasteiger partial charge in [0.25, 0.3) is 11.1 Å². The Labute approximate surface area is 176 Å². The fourth-order valence-electron chi connectivity index (χ4n) is 3.33. The molecule has 7 heteroatoms. The van der Waals surface area contributed by atoms with Crippen molar-refractivity contribution in [2.45, 2.75) is 17.4 Å². The van der Waals surface area contributed by atoms with Gasteiger partial charge in [-0.3, -0.25) is 4.79 Å². The number of para-hydroxylation sites is 1. The predicted octanol–water partition coefficient (Wildman–Crippen LogP) is 5.49. The van der Waals surface area contributed by atoms with Crippen LogP contribution in [0.3, 0.4) is 0 Å². The number of nitrogens with one attached hydrogen (secondary N) is 2. The van der Waals surface area contributed by atoms with Gasteiger partial charge in [0.15, 0.2) is 0 Å². The Morgan fingerprint density at radius 2 is 1.83 bits per heavy atom. The predicted molar refractivity (Wildman–Crippen MR) is 119 cm³/mol. The van der Waals surface area contributed by atoms with Crippen LogP contribution in [0.15, 0.2) is 82.6 Å². The van der Waals surface area contributed by atoms with E-state index in [1.165, 1.54) is 11.8 Å². The van der Waals surface area contributed by atoms with E-state index in [4.69, 9.17) is 4.42 Å². The van der Waals surface area contributed by atoms with Gasteiger partial charge in [-0.25, -0.2) is 0 Å². The number of aromatic amines is 1. The number of carbonyl (C=O) groups is 1. The summed E-state index contributed by atoms with van der Waals surface area (Å²) in [6, 6.07) is 21.8. The Kier molecular flexibility index (Phi) is 4.72. The molecule has 1 amide bonds. The van der Waals surface area contributed by atoms with Crippen molar-refractivity contribution in [1.29, 1.82) is 0 Å². The normalized spacial score (nSPS) is 12.3. The van der Waals surface area contributed by atoms with E-state index in [1.807, 2.05) is 79.9 Å². The van der Waals surface area contributed by atoms with Crippen molar-refractivity contribution >= 4 is 45.0 Å². The molecule has 2 aromatic heterocycles. The first-order valence-electron chi connectivity index (χ1n) is 9.54. The number of hydrogen-bond donors (Lipinski definition) is 2. The van der Waals surface area contributed by atoms with Gasteiger partial charge < -0.3 is 14.7 Å². The molecular formula is C23H18N4O2S. The van der Waals surface area contributed by atoms with E-state index in [-0.39, 0.29) is 5.91 Å². The lowest BCUT2D eigenvalue weighted by molar-refractivity contribution is -0.115. The van der Waals surface area contributed by atoms with Gasteiger partial charge in [-0.15, -0.1) is 10.2 Å². The van der Waals surface area contributed by atoms with Crippen molar-refractivity contribution in [3.63, 3.8) is 0 Å². The first kappa shape index (κ1) is 18.4. The Morgan fingerprint density at radius 3 is 2.73 bits per heavy atom. The summed E-state index contributed by atoms with van der Waals surface area (Å²) in [7, 11) is 0. The summed E-state index contributed by atoms with van der Waals surface area (Å²) in [5, 5.41) is 14.4. The van der Waals surface area contributed by atoms with E-state index < -0.39 is 5.25 Å². The van der Waals surface area contributed by atoms with E-state index >= 15 is 0 Å². The first-order valence-corrected chi connectivity index (χ1v) is 10.4. The van der Waals surface area contributed by atoms with E-state index in [1.54, 1.807) is 0 Å². The number of hydrogen-bond acceptors (Lipinski definition) is 5. The molecule has 2 N–H and O–H groups in total. The lowest BCUT2D eigenvalue weighted by atomic mass is 10.1. The third-order valence-electron chi connectivity index (χ3n) is 4.89. The fraction of sp³-hybridized carbons (Fsp3) is 0.0870. The number of benzene rings is 3. The molecule has 148 valence electrons. The summed E-state index contributed by atoms with van der Waals surface area (Å²) in [6.07, 6.45) is 1.85. The number of nitrogens with zero attached hydrogens (tertiary/aromatic N) is 2. The maximum atomic E-state index is 12.6. The zero-order valence-corrected chi connectivity index (χ0v) is 16.9. The summed E-state index contributed by atoms with van der Waals surface area (Å²) >= 11 is 1.24. The second-order valence-electron chi connectivity index (χ2n) is 6.93. The summed E-state index contributed by atoms with van der Waals surface area (Å²) in [6.45, 7) is 1.82. The number of amides is 1. The molecule has 0 unspecified atom stereocenters. The summed E-state index contributed by atoms with van der Waals surface area (Å²) in [4.78, 5) is 15.8. The molecule has 0 spiro atoms. The quantitative estimate of drug-likeness (QED) is 0.372. The van der Waals surface area contributed by atoms with E-state index in [9.17, 15) is 4.79 Å². The summed E-state index contributed by atoms with van der Waals surface area (Å²) in [5.74, 6) is 0.305. The Balaban J connectivity index is 1.29. The second kappa shape index (κ2) is 7.68. The molecule has 0 bridgehead atoms. The molecule has 0 aliphatic carbocycles. The number of anilines is 1. The largest absolute Gasteiger partial charge is 0.411 e. The first-order chi connectivity index (χ1) is 14.7. The molecule has 30 heavy (non-hydrogen) atoms. The van der Waals surface area contributed by atoms with Crippen molar-refractivity contribution in [3.05, 3.63) is 72.9 Å². The van der Waals surface area contributed by atoms with Gasteiger partial charge in [-0.05, 0) is 35.9 Å². The molecule has 1 atom stereocenters. The van der Waals surface area contributed by atoms with Gasteiger partial charge >= 0.3 is 0 Å². The Bertz CT molecular complexity index is 1360. The number of carbonyl (C=O) groups excluding carboxylic acids is 1. The lowest BCUT2D eigenvalue weighted by Gasteiger charge is -2.10. The molecule has 0 aliphatic rings. The highest BCUT2D eigenvalue weighted by Crippen LogP contribution is 2.31. The van der Waals surface area contributed by atoms with Crippen LogP contribution in [0, 0.1) is 0 Å². The monoisotopic (exact) mass is 414 g/mol. The van der Waals surface area contributed by atoms with Crippen molar-refractivity contribution < 1.29 is 9.21 Å². The number of thioether (sulfide) groups is 1. The smallest absolute Gasteiger partial charge is 0.277 e. The van der Waals surface area contributed by atoms with E-state index in [2.05, 4.69) is 20.5 Å². The number of fused-ring (bicyclic) bond motifs is 2. The Morgan fingerprint density at radius 1 is 1.03 bits per heavy atom. The van der Waals surface area contributed by atoms with Gasteiger partial charge in [-0.2, -0.15) is 0 Å². The van der Waals surface area contributed by atoms with E-state index in [0.29, 0.717) is 11.1 Å². The molecule has 3 aromatic carbocycles. The highest BCUT2D eigenvalue weighted by Gasteiger charge is 2.20. The summed E-state index contributed by atoms with van der Waals surface area (Å²) < 4.78 is 5.81. The van der Waals surface area contributed by atoms with Gasteiger partial charge in [0.2, 0.25) is 5.91 Å². The average molecular weight is 414 g/mol. The zero-order valence-electron chi connectivity index (χ0n) is 16.1. The molecule has 2 heterocycles. The number of H-pyrrole nitrogens is 1. The highest BCUT2D eigenvalue weighted by molar-refractivity contribution is 8.00. The second-order valence-corrected chi connectivity index (χ2v) is 8.22. The molecule has 0 saturated heterocycles. The topological polar surface area (TPSA) is 83.8 Å². The fourth-order valence-corrected chi connectivity index (χ4v) is 4.01. The van der Waals surface area contributed by atoms with Crippen LogP contribution in [0.4, 0.5) is 5.69 Å². The van der Waals surface area contributed by atoms with Crippen LogP contribution in [-0.4, -0.2) is 26.3 Å². The molecule has 0 aliphatic heterocycles. The number of rotatable bonds is 5. The van der Waals surface area contributed by atoms with Crippen LogP contribution < -0.4 is 5.32 Å². The SMILES string of the molecule is C[C@H](Sc1nnc(-c2c[nH]c3ccccc23)o1)C(=O)Nc1ccc2ccccc2c1. The molecular weight excluding hydrogens is 396 g/mol. The third kappa shape index (κ3) is 3.55. The van der Waals surface area contributed by atoms with Crippen LogP contribution in [0.25, 0.3) is 33.1 Å². The average Bonchev–Trinajstić information content (AvgIpc) is 3.40. The lowest BCUT2D eigenvalue weighted by Crippen LogP contribution is -2.22. The van der Waals surface area contributed by atoms with Gasteiger partial charge in [0.1, 0.15) is 0 Å². The van der Waals surface area contributed by atoms with Crippen molar-refractivity contribution in [2.75, 3.05) is 5.32 Å². The van der Waals surface area contributed by atoms with Crippen LogP contribution in [0.2, 0.25) is 0 Å². The maximum absolute atomic E-state index is 12.6. The molecule has 0 saturated carbocycles. The van der Waals surface area contributed by atoms with Crippen LogP contribution >= 0.6 is 11.8 Å². The minimum atomic E-state index is -0.396. The minimum Gasteiger partial charge on any atom is -0.411 e. The summed E-state index contributed by atoms with van der Waals surface area (Å²) in [5.41, 5.74) is 2.61. The Hall–Kier alpha value is -3.58. The van der Waals surface area contributed by atoms with Gasteiger partial charge in [0.05, 0.1) is 10.8 Å². The van der Waals surface area contributed by atoms with Crippen LogP contribution in [0.5, 0.6) is 0 Å². The van der Waals surface area contributed by atoms with Gasteiger partial charge in [0, 0.05) is 22.8 Å². The zero-order chi connectivity index (χ0) is 20.5. The van der Waals surface area contributed by atoms with E-state index in [0.717, 1.165) is 32.9 Å². The molecule has 6 nitrogen and oxygen atoms in total. The number of aromatic nitrogens is 3. The van der Waals surface area contributed by atoms with Gasteiger partial charge in [-0.1, -0.05) is 60.3 Å². The van der Waals surface area contributed by atoms with Crippen molar-refractivity contribution in [2.24, 2.45) is 0 Å². The van der Waals surface area contributed by atoms with Crippen LogP contribution in [-0.2, 0) is 4.79 Å². The standard InChI is InChI=1S/C23H18N4O2S/c1-14(21(28)25-17-11-10-15-6-2-3-7-16(15)12-17)30-23-27-26-22(29-23)19-13-24-20-9-5-4-8-18(19)20/h2-14,24H,1H3,(H,25,28)/t14-/m0/s1. The molecule has 5 rings (SSSR count).